The second kappa shape index (κ2) is 8.38. The van der Waals surface area contributed by atoms with Crippen molar-refractivity contribution in [2.45, 2.75) is 19.9 Å². The molecule has 0 atom stereocenters. The number of hydrogen-bond acceptors (Lipinski definition) is 4. The van der Waals surface area contributed by atoms with Crippen molar-refractivity contribution < 1.29 is 14.0 Å². The molecule has 1 N–H and O–H groups in total. The predicted octanol–water partition coefficient (Wildman–Crippen LogP) is 5.54. The third-order valence-electron chi connectivity index (χ3n) is 4.89. The van der Waals surface area contributed by atoms with Crippen LogP contribution >= 0.6 is 23.2 Å². The zero-order chi connectivity index (χ0) is 21.3. The van der Waals surface area contributed by atoms with Crippen LogP contribution in [0.1, 0.15) is 23.8 Å². The third-order valence-corrected chi connectivity index (χ3v) is 5.44. The number of benzene rings is 2. The summed E-state index contributed by atoms with van der Waals surface area (Å²) >= 11 is 12.4. The Labute approximate surface area is 183 Å². The Balaban J connectivity index is 1.76. The molecule has 1 aromatic heterocycles. The lowest BCUT2D eigenvalue weighted by atomic mass is 10.0. The zero-order valence-corrected chi connectivity index (χ0v) is 17.6. The van der Waals surface area contributed by atoms with E-state index in [-0.39, 0.29) is 17.8 Å². The average Bonchev–Trinajstić information content (AvgIpc) is 3.32. The van der Waals surface area contributed by atoms with Gasteiger partial charge in [0.15, 0.2) is 0 Å². The van der Waals surface area contributed by atoms with Crippen LogP contribution < -0.4 is 5.32 Å². The van der Waals surface area contributed by atoms with Crippen LogP contribution in [0.15, 0.2) is 71.0 Å². The standard InChI is InChI=1S/C23H18Cl2N2O3/c1-2-14-5-8-16(9-6-14)26-21-20(18-10-7-15(24)12-19(18)25)22(28)27(23(21)29)13-17-4-3-11-30-17/h3-12,26H,2,13H2,1H3. The van der Waals surface area contributed by atoms with Crippen LogP contribution in [0, 0.1) is 0 Å². The summed E-state index contributed by atoms with van der Waals surface area (Å²) in [4.78, 5) is 27.6. The lowest BCUT2D eigenvalue weighted by Gasteiger charge is -2.13. The summed E-state index contributed by atoms with van der Waals surface area (Å²) in [6.07, 6.45) is 2.40. The Morgan fingerprint density at radius 1 is 1.00 bits per heavy atom. The monoisotopic (exact) mass is 440 g/mol. The zero-order valence-electron chi connectivity index (χ0n) is 16.1. The molecule has 0 saturated carbocycles. The molecule has 0 aliphatic carbocycles. The number of rotatable bonds is 6. The maximum atomic E-state index is 13.3. The second-order valence-corrected chi connectivity index (χ2v) is 7.67. The quantitative estimate of drug-likeness (QED) is 0.511. The van der Waals surface area contributed by atoms with Gasteiger partial charge in [0.1, 0.15) is 11.5 Å². The van der Waals surface area contributed by atoms with Crippen molar-refractivity contribution in [3.63, 3.8) is 0 Å². The first-order valence-electron chi connectivity index (χ1n) is 9.42. The van der Waals surface area contributed by atoms with Gasteiger partial charge in [0.05, 0.1) is 23.4 Å². The fourth-order valence-electron chi connectivity index (χ4n) is 3.30. The molecule has 5 nitrogen and oxygen atoms in total. The number of aryl methyl sites for hydroxylation is 1. The molecule has 4 rings (SSSR count). The van der Waals surface area contributed by atoms with Gasteiger partial charge < -0.3 is 9.73 Å². The van der Waals surface area contributed by atoms with E-state index in [2.05, 4.69) is 12.2 Å². The summed E-state index contributed by atoms with van der Waals surface area (Å²) < 4.78 is 5.32. The fraction of sp³-hybridized carbons (Fsp3) is 0.130. The largest absolute Gasteiger partial charge is 0.467 e. The lowest BCUT2D eigenvalue weighted by molar-refractivity contribution is -0.137. The molecule has 2 aromatic carbocycles. The Bertz CT molecular complexity index is 1140. The van der Waals surface area contributed by atoms with E-state index in [4.69, 9.17) is 27.6 Å². The van der Waals surface area contributed by atoms with Crippen molar-refractivity contribution in [2.75, 3.05) is 5.32 Å². The van der Waals surface area contributed by atoms with Gasteiger partial charge in [0.2, 0.25) is 0 Å². The molecule has 0 unspecified atom stereocenters. The summed E-state index contributed by atoms with van der Waals surface area (Å²) in [7, 11) is 0. The minimum atomic E-state index is -0.451. The van der Waals surface area contributed by atoms with Gasteiger partial charge in [0.25, 0.3) is 11.8 Å². The molecule has 0 saturated heterocycles. The van der Waals surface area contributed by atoms with E-state index >= 15 is 0 Å². The van der Waals surface area contributed by atoms with Gasteiger partial charge in [-0.1, -0.05) is 48.3 Å². The summed E-state index contributed by atoms with van der Waals surface area (Å²) in [5.41, 5.74) is 2.68. The minimum absolute atomic E-state index is 0.0271. The molecule has 1 aliphatic heterocycles. The van der Waals surface area contributed by atoms with E-state index in [1.54, 1.807) is 30.3 Å². The van der Waals surface area contributed by atoms with Gasteiger partial charge in [-0.25, -0.2) is 0 Å². The summed E-state index contributed by atoms with van der Waals surface area (Å²) in [6, 6.07) is 15.9. The Kier molecular flexibility index (Phi) is 5.66. The first-order valence-corrected chi connectivity index (χ1v) is 10.2. The molecule has 1 aliphatic rings. The molecule has 7 heteroatoms. The number of nitrogens with one attached hydrogen (secondary N) is 1. The first kappa shape index (κ1) is 20.3. The molecule has 30 heavy (non-hydrogen) atoms. The van der Waals surface area contributed by atoms with Gasteiger partial charge in [-0.3, -0.25) is 14.5 Å². The van der Waals surface area contributed by atoms with Gasteiger partial charge in [-0.05, 0) is 48.4 Å². The smallest absolute Gasteiger partial charge is 0.278 e. The van der Waals surface area contributed by atoms with Crippen LogP contribution in [-0.4, -0.2) is 16.7 Å². The highest BCUT2D eigenvalue weighted by atomic mass is 35.5. The molecule has 0 radical (unpaired) electrons. The SMILES string of the molecule is CCc1ccc(NC2=C(c3ccc(Cl)cc3Cl)C(=O)N(Cc3ccco3)C2=O)cc1. The summed E-state index contributed by atoms with van der Waals surface area (Å²) in [5.74, 6) is -0.392. The molecule has 2 heterocycles. The van der Waals surface area contributed by atoms with E-state index in [1.807, 2.05) is 24.3 Å². The van der Waals surface area contributed by atoms with Crippen LogP contribution in [0.25, 0.3) is 5.57 Å². The van der Waals surface area contributed by atoms with Crippen molar-refractivity contribution in [1.82, 2.24) is 4.90 Å². The molecular formula is C23H18Cl2N2O3. The van der Waals surface area contributed by atoms with Gasteiger partial charge in [-0.2, -0.15) is 0 Å². The number of anilines is 1. The van der Waals surface area contributed by atoms with Crippen molar-refractivity contribution in [1.29, 1.82) is 0 Å². The number of nitrogens with zero attached hydrogens (tertiary/aromatic N) is 1. The van der Waals surface area contributed by atoms with Crippen molar-refractivity contribution in [2.24, 2.45) is 0 Å². The van der Waals surface area contributed by atoms with E-state index < -0.39 is 11.8 Å². The number of imide groups is 1. The van der Waals surface area contributed by atoms with Crippen molar-refractivity contribution in [3.05, 3.63) is 93.5 Å². The van der Waals surface area contributed by atoms with Crippen LogP contribution in [0.3, 0.4) is 0 Å². The second-order valence-electron chi connectivity index (χ2n) is 6.83. The summed E-state index contributed by atoms with van der Waals surface area (Å²) in [6.45, 7) is 2.09. The predicted molar refractivity (Wildman–Crippen MR) is 117 cm³/mol. The fourth-order valence-corrected chi connectivity index (χ4v) is 3.81. The van der Waals surface area contributed by atoms with Gasteiger partial charge in [-0.15, -0.1) is 0 Å². The molecular weight excluding hydrogens is 423 g/mol. The van der Waals surface area contributed by atoms with Gasteiger partial charge in [0, 0.05) is 16.3 Å². The average molecular weight is 441 g/mol. The molecule has 0 fully saturated rings. The third kappa shape index (κ3) is 3.86. The topological polar surface area (TPSA) is 62.6 Å². The molecule has 0 bridgehead atoms. The van der Waals surface area contributed by atoms with E-state index in [1.165, 1.54) is 11.8 Å². The Hall–Kier alpha value is -3.02. The number of hydrogen-bond donors (Lipinski definition) is 1. The number of carbonyl (C=O) groups excluding carboxylic acids is 2. The maximum absolute atomic E-state index is 13.3. The maximum Gasteiger partial charge on any atom is 0.278 e. The van der Waals surface area contributed by atoms with Crippen LogP contribution in [0.5, 0.6) is 0 Å². The van der Waals surface area contributed by atoms with Gasteiger partial charge >= 0.3 is 0 Å². The molecule has 0 spiro atoms. The summed E-state index contributed by atoms with van der Waals surface area (Å²) in [5, 5.41) is 3.85. The van der Waals surface area contributed by atoms with Crippen LogP contribution in [-0.2, 0) is 22.6 Å². The normalized spacial score (nSPS) is 14.0. The minimum Gasteiger partial charge on any atom is -0.467 e. The highest BCUT2D eigenvalue weighted by Gasteiger charge is 2.40. The Morgan fingerprint density at radius 3 is 2.40 bits per heavy atom. The van der Waals surface area contributed by atoms with E-state index in [9.17, 15) is 9.59 Å². The highest BCUT2D eigenvalue weighted by Crippen LogP contribution is 2.36. The lowest BCUT2D eigenvalue weighted by Crippen LogP contribution is -2.31. The Morgan fingerprint density at radius 2 is 1.77 bits per heavy atom. The molecule has 152 valence electrons. The number of furan rings is 1. The molecule has 3 aromatic rings. The van der Waals surface area contributed by atoms with E-state index in [0.29, 0.717) is 27.1 Å². The van der Waals surface area contributed by atoms with Crippen LogP contribution in [0.4, 0.5) is 5.69 Å². The highest BCUT2D eigenvalue weighted by molar-refractivity contribution is 6.41. The first-order chi connectivity index (χ1) is 14.5. The molecule has 2 amide bonds. The van der Waals surface area contributed by atoms with Crippen molar-refractivity contribution in [3.8, 4) is 0 Å². The van der Waals surface area contributed by atoms with Crippen molar-refractivity contribution >= 4 is 46.3 Å². The number of amides is 2. The van der Waals surface area contributed by atoms with E-state index in [0.717, 1.165) is 11.3 Å². The number of carbonyl (C=O) groups is 2. The van der Waals surface area contributed by atoms with Crippen LogP contribution in [0.2, 0.25) is 10.0 Å². The number of halogens is 2.